The van der Waals surface area contributed by atoms with Gasteiger partial charge in [0.25, 0.3) is 5.56 Å². The molecule has 0 aliphatic rings. The zero-order chi connectivity index (χ0) is 26.0. The molecule has 0 fully saturated rings. The summed E-state index contributed by atoms with van der Waals surface area (Å²) in [5, 5.41) is 24.6. The van der Waals surface area contributed by atoms with Crippen LogP contribution < -0.4 is 21.4 Å². The number of phenols is 1. The second-order valence-corrected chi connectivity index (χ2v) is 9.14. The van der Waals surface area contributed by atoms with Crippen LogP contribution in [0.1, 0.15) is 11.1 Å². The predicted octanol–water partition coefficient (Wildman–Crippen LogP) is 2.10. The number of fused-ring (bicyclic) bond motifs is 1. The first kappa shape index (κ1) is 25.2. The van der Waals surface area contributed by atoms with Gasteiger partial charge in [0.15, 0.2) is 11.2 Å². The molecule has 0 saturated heterocycles. The number of benzene rings is 2. The highest BCUT2D eigenvalue weighted by atomic mass is 79.9. The van der Waals surface area contributed by atoms with E-state index in [-0.39, 0.29) is 36.0 Å². The maximum atomic E-state index is 13.0. The number of hydrogen-bond acceptors (Lipinski definition) is 8. The van der Waals surface area contributed by atoms with E-state index >= 15 is 0 Å². The Morgan fingerprint density at radius 3 is 2.72 bits per heavy atom. The van der Waals surface area contributed by atoms with E-state index in [4.69, 9.17) is 4.74 Å². The van der Waals surface area contributed by atoms with Gasteiger partial charge in [0, 0.05) is 24.1 Å². The molecule has 12 heteroatoms. The average Bonchev–Trinajstić information content (AvgIpc) is 3.20. The number of aromatic nitrogens is 4. The number of hydrazone groups is 1. The van der Waals surface area contributed by atoms with Gasteiger partial charge in [-0.05, 0) is 42.8 Å². The molecule has 36 heavy (non-hydrogen) atoms. The molecule has 0 spiro atoms. The Kier molecular flexibility index (Phi) is 7.27. The lowest BCUT2D eigenvalue weighted by atomic mass is 10.2. The number of halogens is 1. The largest absolute Gasteiger partial charge is 0.508 e. The van der Waals surface area contributed by atoms with Crippen LogP contribution >= 0.6 is 15.9 Å². The van der Waals surface area contributed by atoms with Crippen LogP contribution in [0.5, 0.6) is 11.5 Å². The van der Waals surface area contributed by atoms with Crippen LogP contribution in [0.4, 0.5) is 5.95 Å². The summed E-state index contributed by atoms with van der Waals surface area (Å²) in [4.78, 5) is 29.8. The third-order valence-electron chi connectivity index (χ3n) is 5.52. The van der Waals surface area contributed by atoms with E-state index in [1.807, 2.05) is 25.1 Å². The van der Waals surface area contributed by atoms with Gasteiger partial charge in [-0.15, -0.1) is 0 Å². The Hall–Kier alpha value is -3.90. The van der Waals surface area contributed by atoms with Crippen LogP contribution in [-0.4, -0.2) is 47.8 Å². The first-order valence-electron chi connectivity index (χ1n) is 11.0. The molecular weight excluding hydrogens is 532 g/mol. The van der Waals surface area contributed by atoms with E-state index in [1.54, 1.807) is 12.1 Å². The molecule has 0 radical (unpaired) electrons. The Morgan fingerprint density at radius 2 is 1.97 bits per heavy atom. The van der Waals surface area contributed by atoms with Crippen LogP contribution in [0, 0.1) is 6.92 Å². The number of aliphatic hydroxyl groups is 1. The molecule has 1 atom stereocenters. The Morgan fingerprint density at radius 1 is 1.19 bits per heavy atom. The van der Waals surface area contributed by atoms with E-state index in [9.17, 15) is 19.8 Å². The molecule has 0 aliphatic carbocycles. The van der Waals surface area contributed by atoms with Crippen molar-refractivity contribution in [1.29, 1.82) is 0 Å². The quantitative estimate of drug-likeness (QED) is 0.223. The Bertz CT molecular complexity index is 1570. The molecule has 0 aliphatic heterocycles. The average molecular weight is 557 g/mol. The molecule has 0 amide bonds. The molecule has 11 nitrogen and oxygen atoms in total. The Balaban J connectivity index is 1.67. The lowest BCUT2D eigenvalue weighted by Crippen LogP contribution is -2.38. The first-order chi connectivity index (χ1) is 17.2. The lowest BCUT2D eigenvalue weighted by molar-refractivity contribution is 0.0938. The van der Waals surface area contributed by atoms with E-state index in [2.05, 4.69) is 31.4 Å². The van der Waals surface area contributed by atoms with Crippen LogP contribution in [0.25, 0.3) is 11.2 Å². The van der Waals surface area contributed by atoms with Crippen LogP contribution in [0.15, 0.2) is 61.6 Å². The van der Waals surface area contributed by atoms with Crippen molar-refractivity contribution >= 4 is 39.3 Å². The van der Waals surface area contributed by atoms with Crippen molar-refractivity contribution < 1.29 is 14.9 Å². The fraction of sp³-hybridized carbons (Fsp3) is 0.250. The molecule has 188 valence electrons. The minimum atomic E-state index is -1.01. The monoisotopic (exact) mass is 556 g/mol. The second-order valence-electron chi connectivity index (χ2n) is 8.28. The highest BCUT2D eigenvalue weighted by Gasteiger charge is 2.21. The van der Waals surface area contributed by atoms with E-state index in [1.165, 1.54) is 41.6 Å². The van der Waals surface area contributed by atoms with Gasteiger partial charge >= 0.3 is 5.69 Å². The van der Waals surface area contributed by atoms with Gasteiger partial charge < -0.3 is 19.5 Å². The third kappa shape index (κ3) is 5.19. The normalized spacial score (nSPS) is 12.4. The zero-order valence-electron chi connectivity index (χ0n) is 19.8. The van der Waals surface area contributed by atoms with Gasteiger partial charge in [0.05, 0.1) is 12.8 Å². The Labute approximate surface area is 214 Å². The topological polar surface area (TPSA) is 136 Å². The summed E-state index contributed by atoms with van der Waals surface area (Å²) in [6, 6.07) is 12.2. The molecule has 1 unspecified atom stereocenters. The maximum Gasteiger partial charge on any atom is 0.332 e. The summed E-state index contributed by atoms with van der Waals surface area (Å²) in [5.41, 5.74) is 3.59. The molecule has 0 saturated carbocycles. The predicted molar refractivity (Wildman–Crippen MR) is 140 cm³/mol. The fourth-order valence-electron chi connectivity index (χ4n) is 3.66. The number of aryl methyl sites for hydroxylation is 2. The van der Waals surface area contributed by atoms with Crippen LogP contribution in [0.3, 0.4) is 0 Å². The fourth-order valence-corrected chi connectivity index (χ4v) is 4.01. The molecule has 3 N–H and O–H groups in total. The van der Waals surface area contributed by atoms with E-state index in [0.29, 0.717) is 15.8 Å². The summed E-state index contributed by atoms with van der Waals surface area (Å²) in [7, 11) is 2.89. The number of hydrogen-bond donors (Lipinski definition) is 3. The molecular formula is C24H25BrN6O5. The van der Waals surface area contributed by atoms with Crippen molar-refractivity contribution in [2.45, 2.75) is 19.6 Å². The van der Waals surface area contributed by atoms with Crippen LogP contribution in [-0.2, 0) is 20.6 Å². The summed E-state index contributed by atoms with van der Waals surface area (Å²) >= 11 is 3.39. The molecule has 2 aromatic heterocycles. The number of anilines is 1. The third-order valence-corrected chi connectivity index (χ3v) is 6.24. The SMILES string of the molecule is Cc1cccc(OCC(O)Cn2c(NN=Cc3cc(O)ccc3Br)nc3c2c(=O)n(C)c(=O)n3C)c1. The number of nitrogens with zero attached hydrogens (tertiary/aromatic N) is 5. The minimum Gasteiger partial charge on any atom is -0.508 e. The van der Waals surface area contributed by atoms with Crippen molar-refractivity contribution in [2.75, 3.05) is 12.0 Å². The number of phenolic OH excluding ortho intramolecular Hbond substituents is 1. The van der Waals surface area contributed by atoms with Crippen molar-refractivity contribution in [2.24, 2.45) is 19.2 Å². The molecule has 4 aromatic rings. The van der Waals surface area contributed by atoms with Gasteiger partial charge in [0.2, 0.25) is 5.95 Å². The molecule has 2 heterocycles. The van der Waals surface area contributed by atoms with Gasteiger partial charge in [-0.25, -0.2) is 10.2 Å². The first-order valence-corrected chi connectivity index (χ1v) is 11.8. The number of nitrogens with one attached hydrogen (secondary N) is 1. The molecule has 2 aromatic carbocycles. The van der Waals surface area contributed by atoms with E-state index < -0.39 is 17.4 Å². The number of imidazole rings is 1. The van der Waals surface area contributed by atoms with Gasteiger partial charge in [-0.3, -0.25) is 13.9 Å². The summed E-state index contributed by atoms with van der Waals surface area (Å²) in [6.07, 6.45) is 0.455. The maximum absolute atomic E-state index is 13.0. The minimum absolute atomic E-state index is 0.0336. The number of rotatable bonds is 8. The summed E-state index contributed by atoms with van der Waals surface area (Å²) in [6.45, 7) is 1.85. The van der Waals surface area contributed by atoms with Gasteiger partial charge in [0.1, 0.15) is 24.2 Å². The summed E-state index contributed by atoms with van der Waals surface area (Å²) in [5.74, 6) is 0.829. The molecule has 0 bridgehead atoms. The second kappa shape index (κ2) is 10.4. The number of ether oxygens (including phenoxy) is 1. The number of aromatic hydroxyl groups is 1. The summed E-state index contributed by atoms with van der Waals surface area (Å²) < 4.78 is 10.1. The standard InChI is InChI=1S/C24H25BrN6O5/c1-14-5-4-6-18(9-14)36-13-17(33)12-31-20-21(29(2)24(35)30(3)22(20)34)27-23(31)28-26-11-15-10-16(32)7-8-19(15)25/h4-11,17,32-33H,12-13H2,1-3H3,(H,27,28). The van der Waals surface area contributed by atoms with Crippen LogP contribution in [0.2, 0.25) is 0 Å². The highest BCUT2D eigenvalue weighted by molar-refractivity contribution is 9.10. The molecule has 4 rings (SSSR count). The number of aliphatic hydroxyl groups excluding tert-OH is 1. The van der Waals surface area contributed by atoms with Crippen molar-refractivity contribution in [3.05, 3.63) is 78.9 Å². The highest BCUT2D eigenvalue weighted by Crippen LogP contribution is 2.21. The van der Waals surface area contributed by atoms with Gasteiger partial charge in [-0.2, -0.15) is 10.1 Å². The van der Waals surface area contributed by atoms with Crippen molar-refractivity contribution in [3.8, 4) is 11.5 Å². The van der Waals surface area contributed by atoms with Gasteiger partial charge in [-0.1, -0.05) is 28.1 Å². The van der Waals surface area contributed by atoms with Crippen molar-refractivity contribution in [1.82, 2.24) is 18.7 Å². The zero-order valence-corrected chi connectivity index (χ0v) is 21.4. The lowest BCUT2D eigenvalue weighted by Gasteiger charge is -2.15. The van der Waals surface area contributed by atoms with E-state index in [0.717, 1.165) is 10.1 Å². The van der Waals surface area contributed by atoms with Crippen molar-refractivity contribution in [3.63, 3.8) is 0 Å². The smallest absolute Gasteiger partial charge is 0.332 e.